The van der Waals surface area contributed by atoms with Crippen LogP contribution in [0.1, 0.15) is 72.1 Å². The van der Waals surface area contributed by atoms with Gasteiger partial charge in [-0.2, -0.15) is 4.98 Å². The fourth-order valence-corrected chi connectivity index (χ4v) is 4.43. The quantitative estimate of drug-likeness (QED) is 0.584. The van der Waals surface area contributed by atoms with Gasteiger partial charge in [0.2, 0.25) is 5.95 Å². The third kappa shape index (κ3) is 7.61. The minimum absolute atomic E-state index is 0.468. The summed E-state index contributed by atoms with van der Waals surface area (Å²) in [6.07, 6.45) is 14.5. The molecule has 5 nitrogen and oxygen atoms in total. The summed E-state index contributed by atoms with van der Waals surface area (Å²) in [6.45, 7) is 12.5. The maximum atomic E-state index is 4.83. The predicted molar refractivity (Wildman–Crippen MR) is 124 cm³/mol. The Morgan fingerprint density at radius 3 is 2.72 bits per heavy atom. The van der Waals surface area contributed by atoms with E-state index >= 15 is 0 Å². The summed E-state index contributed by atoms with van der Waals surface area (Å²) in [5, 5.41) is 3.60. The van der Waals surface area contributed by atoms with Crippen LogP contribution in [0, 0.1) is 5.92 Å². The van der Waals surface area contributed by atoms with Gasteiger partial charge >= 0.3 is 0 Å². The fraction of sp³-hybridized carbons (Fsp3) is 0.750. The van der Waals surface area contributed by atoms with Gasteiger partial charge in [0.05, 0.1) is 0 Å². The lowest BCUT2D eigenvalue weighted by Crippen LogP contribution is -2.29. The number of anilines is 2. The van der Waals surface area contributed by atoms with Crippen molar-refractivity contribution in [3.05, 3.63) is 23.9 Å². The van der Waals surface area contributed by atoms with E-state index in [1.807, 2.05) is 6.20 Å². The van der Waals surface area contributed by atoms with Gasteiger partial charge in [0.15, 0.2) is 0 Å². The van der Waals surface area contributed by atoms with E-state index in [0.717, 1.165) is 37.3 Å². The topological polar surface area (TPSA) is 44.3 Å². The molecule has 0 bridgehead atoms. The maximum absolute atomic E-state index is 4.83. The molecule has 0 amide bonds. The summed E-state index contributed by atoms with van der Waals surface area (Å²) >= 11 is 0. The molecule has 0 radical (unpaired) electrons. The van der Waals surface area contributed by atoms with Gasteiger partial charge in [0, 0.05) is 38.4 Å². The second-order valence-corrected chi connectivity index (χ2v) is 9.32. The molecule has 0 aromatic carbocycles. The maximum Gasteiger partial charge on any atom is 0.224 e. The first-order chi connectivity index (χ1) is 14.1. The third-order valence-corrected chi connectivity index (χ3v) is 6.33. The molecule has 29 heavy (non-hydrogen) atoms. The van der Waals surface area contributed by atoms with Gasteiger partial charge in [0.25, 0.3) is 0 Å². The van der Waals surface area contributed by atoms with Crippen LogP contribution in [0.4, 0.5) is 11.8 Å². The van der Waals surface area contributed by atoms with E-state index in [2.05, 4.69) is 53.0 Å². The summed E-state index contributed by atoms with van der Waals surface area (Å²) < 4.78 is 0. The van der Waals surface area contributed by atoms with Crippen molar-refractivity contribution in [1.29, 1.82) is 0 Å². The molecule has 1 N–H and O–H groups in total. The van der Waals surface area contributed by atoms with Crippen molar-refractivity contribution in [1.82, 2.24) is 14.9 Å². The number of rotatable bonds is 9. The van der Waals surface area contributed by atoms with E-state index in [9.17, 15) is 0 Å². The molecule has 1 aromatic heterocycles. The Morgan fingerprint density at radius 2 is 1.97 bits per heavy atom. The van der Waals surface area contributed by atoms with Crippen LogP contribution in [-0.2, 0) is 0 Å². The molecule has 3 rings (SSSR count). The number of nitrogens with one attached hydrogen (secondary N) is 1. The van der Waals surface area contributed by atoms with Crippen molar-refractivity contribution in [2.75, 3.05) is 42.9 Å². The zero-order valence-electron chi connectivity index (χ0n) is 18.9. The first-order valence-electron chi connectivity index (χ1n) is 11.8. The molecule has 1 aromatic rings. The van der Waals surface area contributed by atoms with Gasteiger partial charge in [-0.3, -0.25) is 0 Å². The van der Waals surface area contributed by atoms with Gasteiger partial charge in [-0.15, -0.1) is 0 Å². The molecule has 5 heteroatoms. The minimum Gasteiger partial charge on any atom is -0.356 e. The minimum atomic E-state index is 0.468. The first-order valence-corrected chi connectivity index (χ1v) is 11.8. The van der Waals surface area contributed by atoms with Crippen molar-refractivity contribution < 1.29 is 0 Å². The lowest BCUT2D eigenvalue weighted by Gasteiger charge is -2.22. The smallest absolute Gasteiger partial charge is 0.224 e. The molecule has 2 saturated heterocycles. The normalized spacial score (nSPS) is 21.6. The summed E-state index contributed by atoms with van der Waals surface area (Å²) in [4.78, 5) is 14.4. The lowest BCUT2D eigenvalue weighted by molar-refractivity contribution is 0.301. The van der Waals surface area contributed by atoms with Gasteiger partial charge < -0.3 is 15.1 Å². The van der Waals surface area contributed by atoms with Gasteiger partial charge in [-0.25, -0.2) is 4.98 Å². The Morgan fingerprint density at radius 1 is 1.17 bits per heavy atom. The zero-order valence-corrected chi connectivity index (χ0v) is 18.9. The number of hydrogen-bond donors (Lipinski definition) is 1. The molecule has 162 valence electrons. The number of aromatic nitrogens is 2. The Hall–Kier alpha value is -1.62. The third-order valence-electron chi connectivity index (χ3n) is 6.33. The van der Waals surface area contributed by atoms with Gasteiger partial charge in [-0.1, -0.05) is 31.4 Å². The summed E-state index contributed by atoms with van der Waals surface area (Å²) in [7, 11) is 0. The van der Waals surface area contributed by atoms with Gasteiger partial charge in [-0.05, 0) is 70.9 Å². The van der Waals surface area contributed by atoms with Crippen molar-refractivity contribution in [2.24, 2.45) is 5.92 Å². The van der Waals surface area contributed by atoms with Crippen molar-refractivity contribution in [2.45, 2.75) is 78.2 Å². The summed E-state index contributed by atoms with van der Waals surface area (Å²) in [5.74, 6) is 2.68. The molecule has 2 aliphatic rings. The molecule has 2 aliphatic heterocycles. The lowest BCUT2D eigenvalue weighted by atomic mass is 10.0. The van der Waals surface area contributed by atoms with E-state index in [1.165, 1.54) is 70.0 Å². The second-order valence-electron chi connectivity index (χ2n) is 9.32. The van der Waals surface area contributed by atoms with Crippen LogP contribution >= 0.6 is 0 Å². The summed E-state index contributed by atoms with van der Waals surface area (Å²) in [5.41, 5.74) is 1.44. The average Bonchev–Trinajstić information content (AvgIpc) is 2.97. The number of allylic oxidation sites excluding steroid dienone is 2. The zero-order chi connectivity index (χ0) is 20.5. The molecular weight excluding hydrogens is 358 g/mol. The monoisotopic (exact) mass is 399 g/mol. The van der Waals surface area contributed by atoms with E-state index in [1.54, 1.807) is 0 Å². The summed E-state index contributed by atoms with van der Waals surface area (Å²) in [6, 6.07) is 2.53. The van der Waals surface area contributed by atoms with Crippen LogP contribution in [0.15, 0.2) is 23.9 Å². The van der Waals surface area contributed by atoms with Crippen molar-refractivity contribution in [3.8, 4) is 0 Å². The van der Waals surface area contributed by atoms with Crippen LogP contribution in [0.25, 0.3) is 0 Å². The average molecular weight is 400 g/mol. The molecule has 2 unspecified atom stereocenters. The highest BCUT2D eigenvalue weighted by Gasteiger charge is 2.23. The van der Waals surface area contributed by atoms with Crippen molar-refractivity contribution >= 4 is 11.8 Å². The van der Waals surface area contributed by atoms with E-state index in [4.69, 9.17) is 4.98 Å². The predicted octanol–water partition coefficient (Wildman–Crippen LogP) is 5.12. The molecule has 0 aliphatic carbocycles. The Labute approximate surface area is 178 Å². The highest BCUT2D eigenvalue weighted by atomic mass is 15.3. The molecular formula is C24H41N5. The standard InChI is InChI=1S/C24H41N5/c1-20(2)9-8-10-21(3)12-17-28-18-13-22(19-28)26-24-25-14-11-23(27-24)29-15-6-4-5-7-16-29/h9,11,14,21-22H,4-8,10,12-13,15-19H2,1-3H3,(H,25,26,27). The molecule has 3 heterocycles. The molecule has 2 atom stereocenters. The number of hydrogen-bond acceptors (Lipinski definition) is 5. The number of likely N-dealkylation sites (tertiary alicyclic amines) is 1. The molecule has 2 fully saturated rings. The van der Waals surface area contributed by atoms with E-state index < -0.39 is 0 Å². The highest BCUT2D eigenvalue weighted by molar-refractivity contribution is 5.43. The SMILES string of the molecule is CC(C)=CCCC(C)CCN1CCC(Nc2nccc(N3CCCCCC3)n2)C1. The van der Waals surface area contributed by atoms with Gasteiger partial charge in [0.1, 0.15) is 5.82 Å². The number of nitrogens with zero attached hydrogens (tertiary/aromatic N) is 4. The van der Waals surface area contributed by atoms with Crippen LogP contribution in [0.3, 0.4) is 0 Å². The second kappa shape index (κ2) is 11.5. The van der Waals surface area contributed by atoms with Crippen LogP contribution in [0.5, 0.6) is 0 Å². The van der Waals surface area contributed by atoms with E-state index in [-0.39, 0.29) is 0 Å². The van der Waals surface area contributed by atoms with Crippen LogP contribution in [-0.4, -0.2) is 53.6 Å². The molecule has 0 spiro atoms. The highest BCUT2D eigenvalue weighted by Crippen LogP contribution is 2.20. The first kappa shape index (κ1) is 22.1. The Balaban J connectivity index is 1.41. The fourth-order valence-electron chi connectivity index (χ4n) is 4.43. The van der Waals surface area contributed by atoms with Crippen LogP contribution in [0.2, 0.25) is 0 Å². The Bertz CT molecular complexity index is 632. The Kier molecular flexibility index (Phi) is 8.78. The van der Waals surface area contributed by atoms with E-state index in [0.29, 0.717) is 6.04 Å². The van der Waals surface area contributed by atoms with Crippen molar-refractivity contribution in [3.63, 3.8) is 0 Å². The molecule has 0 saturated carbocycles. The van der Waals surface area contributed by atoms with Crippen LogP contribution < -0.4 is 10.2 Å². The largest absolute Gasteiger partial charge is 0.356 e.